The minimum absolute atomic E-state index is 0.209. The number of amides is 1. The van der Waals surface area contributed by atoms with E-state index in [-0.39, 0.29) is 12.3 Å². The first-order valence-corrected chi connectivity index (χ1v) is 6.98. The van der Waals surface area contributed by atoms with E-state index in [0.717, 1.165) is 5.56 Å². The molecule has 21 heavy (non-hydrogen) atoms. The van der Waals surface area contributed by atoms with Crippen LogP contribution in [-0.4, -0.2) is 36.3 Å². The smallest absolute Gasteiger partial charge is 0.219 e. The second-order valence-corrected chi connectivity index (χ2v) is 5.83. The molecule has 1 atom stereocenters. The van der Waals surface area contributed by atoms with E-state index in [9.17, 15) is 9.90 Å². The van der Waals surface area contributed by atoms with Crippen LogP contribution in [0.2, 0.25) is 0 Å². The highest BCUT2D eigenvalue weighted by atomic mass is 16.6. The number of ether oxygens (including phenoxy) is 2. The van der Waals surface area contributed by atoms with Crippen LogP contribution in [0.3, 0.4) is 0 Å². The number of fused-ring (bicyclic) bond motifs is 1. The molecule has 0 aromatic heterocycles. The molecule has 0 bridgehead atoms. The van der Waals surface area contributed by atoms with Crippen molar-refractivity contribution in [2.45, 2.75) is 31.9 Å². The lowest BCUT2D eigenvalue weighted by Crippen LogP contribution is -2.44. The minimum atomic E-state index is -0.701. The fourth-order valence-corrected chi connectivity index (χ4v) is 2.26. The number of benzene rings is 1. The average Bonchev–Trinajstić information content (AvgIpc) is 2.43. The minimum Gasteiger partial charge on any atom is -0.486 e. The molecule has 1 aliphatic heterocycles. The van der Waals surface area contributed by atoms with Crippen molar-refractivity contribution in [3.63, 3.8) is 0 Å². The molecule has 1 heterocycles. The van der Waals surface area contributed by atoms with Gasteiger partial charge in [0.1, 0.15) is 13.2 Å². The first kappa shape index (κ1) is 15.6. The van der Waals surface area contributed by atoms with E-state index in [1.807, 2.05) is 13.8 Å². The van der Waals surface area contributed by atoms with Crippen molar-refractivity contribution < 1.29 is 19.4 Å². The first-order valence-electron chi connectivity index (χ1n) is 6.98. The molecule has 116 valence electrons. The molecule has 0 saturated heterocycles. The molecular formula is C15H22N2O4. The predicted octanol–water partition coefficient (Wildman–Crippen LogP) is 0.735. The summed E-state index contributed by atoms with van der Waals surface area (Å²) in [6, 6.07) is 5.38. The molecule has 2 rings (SSSR count). The summed E-state index contributed by atoms with van der Waals surface area (Å²) in [5.41, 5.74) is 5.48. The Kier molecular flexibility index (Phi) is 4.69. The third-order valence-corrected chi connectivity index (χ3v) is 3.34. The van der Waals surface area contributed by atoms with Crippen LogP contribution in [0.25, 0.3) is 0 Å². The van der Waals surface area contributed by atoms with Crippen molar-refractivity contribution in [1.82, 2.24) is 5.32 Å². The number of carbonyl (C=O) groups excluding carboxylic acids is 1. The Balaban J connectivity index is 1.97. The van der Waals surface area contributed by atoms with Gasteiger partial charge < -0.3 is 25.6 Å². The molecule has 4 N–H and O–H groups in total. The summed E-state index contributed by atoms with van der Waals surface area (Å²) in [6.07, 6.45) is -0.492. The molecular weight excluding hydrogens is 272 g/mol. The van der Waals surface area contributed by atoms with Crippen LogP contribution in [-0.2, 0) is 4.79 Å². The number of primary amides is 1. The Morgan fingerprint density at radius 2 is 2.05 bits per heavy atom. The molecule has 1 aromatic carbocycles. The maximum absolute atomic E-state index is 11.0. The molecule has 1 aliphatic rings. The van der Waals surface area contributed by atoms with E-state index in [1.165, 1.54) is 0 Å². The number of nitrogens with one attached hydrogen (secondary N) is 1. The van der Waals surface area contributed by atoms with Gasteiger partial charge in [-0.05, 0) is 31.5 Å². The van der Waals surface area contributed by atoms with E-state index in [4.69, 9.17) is 15.2 Å². The number of β-amino-alcohol motifs (C(OH)–C–C–N with tert-alkyl or cyclic N) is 1. The van der Waals surface area contributed by atoms with Crippen molar-refractivity contribution in [3.8, 4) is 11.5 Å². The zero-order valence-electron chi connectivity index (χ0n) is 12.4. The molecule has 1 aromatic rings. The lowest BCUT2D eigenvalue weighted by atomic mass is 9.99. The molecule has 0 aliphatic carbocycles. The summed E-state index contributed by atoms with van der Waals surface area (Å²) in [5, 5.41) is 13.4. The van der Waals surface area contributed by atoms with Crippen LogP contribution >= 0.6 is 0 Å². The molecule has 0 fully saturated rings. The summed E-state index contributed by atoms with van der Waals surface area (Å²) < 4.78 is 10.9. The zero-order valence-corrected chi connectivity index (χ0v) is 12.4. The molecule has 1 amide bonds. The molecule has 0 saturated carbocycles. The van der Waals surface area contributed by atoms with Crippen molar-refractivity contribution >= 4 is 5.91 Å². The van der Waals surface area contributed by atoms with Crippen molar-refractivity contribution in [1.29, 1.82) is 0 Å². The van der Waals surface area contributed by atoms with Gasteiger partial charge in [0.25, 0.3) is 0 Å². The van der Waals surface area contributed by atoms with Gasteiger partial charge in [0.2, 0.25) is 5.91 Å². The highest BCUT2D eigenvalue weighted by Gasteiger charge is 2.22. The summed E-state index contributed by atoms with van der Waals surface area (Å²) in [5.74, 6) is 0.967. The molecule has 0 radical (unpaired) electrons. The molecule has 1 unspecified atom stereocenters. The second kappa shape index (κ2) is 6.32. The van der Waals surface area contributed by atoms with Crippen molar-refractivity contribution in [2.75, 3.05) is 19.8 Å². The van der Waals surface area contributed by atoms with Crippen LogP contribution in [0.1, 0.15) is 31.9 Å². The van der Waals surface area contributed by atoms with E-state index >= 15 is 0 Å². The summed E-state index contributed by atoms with van der Waals surface area (Å²) in [4.78, 5) is 11.0. The number of aliphatic hydroxyl groups is 1. The number of hydrogen-bond donors (Lipinski definition) is 3. The zero-order chi connectivity index (χ0) is 15.5. The Hall–Kier alpha value is -1.79. The fourth-order valence-electron chi connectivity index (χ4n) is 2.26. The van der Waals surface area contributed by atoms with E-state index in [1.54, 1.807) is 18.2 Å². The number of aliphatic hydroxyl groups excluding tert-OH is 1. The topological polar surface area (TPSA) is 93.8 Å². The Bertz CT molecular complexity index is 516. The summed E-state index contributed by atoms with van der Waals surface area (Å²) in [6.45, 7) is 5.11. The standard InChI is InChI=1S/C15H22N2O4/c1-15(2,8-14(16)19)17-9-11(18)10-3-4-12-13(7-10)21-6-5-20-12/h3-4,7,11,17-18H,5-6,8-9H2,1-2H3,(H2,16,19). The van der Waals surface area contributed by atoms with Crippen molar-refractivity contribution in [3.05, 3.63) is 23.8 Å². The number of hydrogen-bond acceptors (Lipinski definition) is 5. The maximum Gasteiger partial charge on any atom is 0.219 e. The van der Waals surface area contributed by atoms with Gasteiger partial charge in [-0.2, -0.15) is 0 Å². The van der Waals surface area contributed by atoms with Gasteiger partial charge >= 0.3 is 0 Å². The second-order valence-electron chi connectivity index (χ2n) is 5.83. The van der Waals surface area contributed by atoms with Crippen LogP contribution in [0.4, 0.5) is 0 Å². The first-order chi connectivity index (χ1) is 9.87. The predicted molar refractivity (Wildman–Crippen MR) is 78.3 cm³/mol. The number of nitrogens with two attached hydrogens (primary N) is 1. The van der Waals surface area contributed by atoms with Crippen LogP contribution in [0, 0.1) is 0 Å². The van der Waals surface area contributed by atoms with Gasteiger partial charge in [-0.3, -0.25) is 4.79 Å². The highest BCUT2D eigenvalue weighted by Crippen LogP contribution is 2.32. The highest BCUT2D eigenvalue weighted by molar-refractivity contribution is 5.75. The van der Waals surface area contributed by atoms with Crippen LogP contribution in [0.5, 0.6) is 11.5 Å². The van der Waals surface area contributed by atoms with Crippen LogP contribution in [0.15, 0.2) is 18.2 Å². The average molecular weight is 294 g/mol. The van der Waals surface area contributed by atoms with Gasteiger partial charge in [-0.15, -0.1) is 0 Å². The lowest BCUT2D eigenvalue weighted by Gasteiger charge is -2.27. The maximum atomic E-state index is 11.0. The third kappa shape index (κ3) is 4.34. The van der Waals surface area contributed by atoms with Gasteiger partial charge in [0, 0.05) is 18.5 Å². The van der Waals surface area contributed by atoms with Gasteiger partial charge in [-0.25, -0.2) is 0 Å². The fraction of sp³-hybridized carbons (Fsp3) is 0.533. The summed E-state index contributed by atoms with van der Waals surface area (Å²) >= 11 is 0. The largest absolute Gasteiger partial charge is 0.486 e. The van der Waals surface area contributed by atoms with Crippen molar-refractivity contribution in [2.24, 2.45) is 5.73 Å². The van der Waals surface area contributed by atoms with E-state index in [2.05, 4.69) is 5.32 Å². The van der Waals surface area contributed by atoms with Gasteiger partial charge in [0.15, 0.2) is 11.5 Å². The third-order valence-electron chi connectivity index (χ3n) is 3.34. The van der Waals surface area contributed by atoms with Gasteiger partial charge in [0.05, 0.1) is 6.10 Å². The van der Waals surface area contributed by atoms with E-state index < -0.39 is 11.6 Å². The van der Waals surface area contributed by atoms with E-state index in [0.29, 0.717) is 31.3 Å². The normalized spacial score (nSPS) is 15.6. The summed E-state index contributed by atoms with van der Waals surface area (Å²) in [7, 11) is 0. The number of rotatable bonds is 6. The SMILES string of the molecule is CC(C)(CC(N)=O)NCC(O)c1ccc2c(c1)OCCO2. The Morgan fingerprint density at radius 1 is 1.38 bits per heavy atom. The quantitative estimate of drug-likeness (QED) is 0.719. The lowest BCUT2D eigenvalue weighted by molar-refractivity contribution is -0.119. The Labute approximate surface area is 124 Å². The molecule has 6 heteroatoms. The Morgan fingerprint density at radius 3 is 2.71 bits per heavy atom. The monoisotopic (exact) mass is 294 g/mol. The number of carbonyl (C=O) groups is 1. The molecule has 0 spiro atoms. The van der Waals surface area contributed by atoms with Gasteiger partial charge in [-0.1, -0.05) is 6.07 Å². The molecule has 6 nitrogen and oxygen atoms in total. The van der Waals surface area contributed by atoms with Crippen LogP contribution < -0.4 is 20.5 Å².